The Balaban J connectivity index is 2.30. The van der Waals surface area contributed by atoms with E-state index < -0.39 is 5.97 Å². The Morgan fingerprint density at radius 2 is 1.63 bits per heavy atom. The number of hydrogen-bond acceptors (Lipinski definition) is 4. The molecule has 0 radical (unpaired) electrons. The topological polar surface area (TPSA) is 81.2 Å². The molecule has 0 aliphatic carbocycles. The fourth-order valence-corrected chi connectivity index (χ4v) is 1.86. The van der Waals surface area contributed by atoms with E-state index in [2.05, 4.69) is 0 Å². The smallest absolute Gasteiger partial charge is 0.303 e. The van der Waals surface area contributed by atoms with E-state index in [1.807, 2.05) is 4.90 Å². The molecule has 0 aromatic rings. The second-order valence-electron chi connectivity index (χ2n) is 4.84. The van der Waals surface area contributed by atoms with Crippen molar-refractivity contribution in [2.75, 3.05) is 46.8 Å². The minimum Gasteiger partial charge on any atom is -0.481 e. The maximum Gasteiger partial charge on any atom is 0.303 e. The fourth-order valence-electron chi connectivity index (χ4n) is 1.86. The molecule has 0 bridgehead atoms. The first-order valence-electron chi connectivity index (χ1n) is 6.32. The molecule has 7 nitrogen and oxygen atoms in total. The zero-order valence-electron chi connectivity index (χ0n) is 11.5. The Morgan fingerprint density at radius 1 is 1.05 bits per heavy atom. The summed E-state index contributed by atoms with van der Waals surface area (Å²) in [5.74, 6) is -1.03. The van der Waals surface area contributed by atoms with Crippen LogP contribution in [-0.2, 0) is 14.4 Å². The van der Waals surface area contributed by atoms with Crippen LogP contribution in [0.1, 0.15) is 12.8 Å². The molecular formula is C12H21N3O4. The Bertz CT molecular complexity index is 349. The number of amides is 2. The number of nitrogens with zero attached hydrogens (tertiary/aromatic N) is 3. The zero-order chi connectivity index (χ0) is 14.4. The Kier molecular flexibility index (Phi) is 5.75. The summed E-state index contributed by atoms with van der Waals surface area (Å²) in [6.07, 6.45) is -0.0792. The lowest BCUT2D eigenvalue weighted by atomic mass is 10.2. The van der Waals surface area contributed by atoms with Gasteiger partial charge in [-0.05, 0) is 0 Å². The van der Waals surface area contributed by atoms with Gasteiger partial charge in [-0.2, -0.15) is 0 Å². The van der Waals surface area contributed by atoms with Gasteiger partial charge in [-0.3, -0.25) is 19.3 Å². The SMILES string of the molecule is CN(C)C(=O)CN1CCN(C(=O)CCC(=O)O)CC1. The van der Waals surface area contributed by atoms with Gasteiger partial charge < -0.3 is 14.9 Å². The average Bonchev–Trinajstić information content (AvgIpc) is 2.36. The summed E-state index contributed by atoms with van der Waals surface area (Å²) in [5.41, 5.74) is 0. The van der Waals surface area contributed by atoms with Crippen molar-refractivity contribution in [2.45, 2.75) is 12.8 Å². The van der Waals surface area contributed by atoms with Gasteiger partial charge in [0, 0.05) is 46.7 Å². The van der Waals surface area contributed by atoms with Crippen molar-refractivity contribution >= 4 is 17.8 Å². The lowest BCUT2D eigenvalue weighted by molar-refractivity contribution is -0.141. The molecular weight excluding hydrogens is 250 g/mol. The average molecular weight is 271 g/mol. The van der Waals surface area contributed by atoms with Crippen molar-refractivity contribution in [1.29, 1.82) is 0 Å². The van der Waals surface area contributed by atoms with Crippen LogP contribution in [0.2, 0.25) is 0 Å². The lowest BCUT2D eigenvalue weighted by Gasteiger charge is -2.34. The fraction of sp³-hybridized carbons (Fsp3) is 0.750. The molecule has 1 saturated heterocycles. The van der Waals surface area contributed by atoms with Crippen LogP contribution in [0.4, 0.5) is 0 Å². The lowest BCUT2D eigenvalue weighted by Crippen LogP contribution is -2.51. The predicted octanol–water partition coefficient (Wildman–Crippen LogP) is -0.916. The molecule has 108 valence electrons. The van der Waals surface area contributed by atoms with E-state index in [-0.39, 0.29) is 24.7 Å². The molecule has 1 N–H and O–H groups in total. The molecule has 1 fully saturated rings. The number of carboxylic acid groups (broad SMARTS) is 1. The first-order valence-corrected chi connectivity index (χ1v) is 6.32. The normalized spacial score (nSPS) is 16.2. The number of carbonyl (C=O) groups is 3. The van der Waals surface area contributed by atoms with E-state index in [1.54, 1.807) is 23.9 Å². The maximum atomic E-state index is 11.7. The summed E-state index contributed by atoms with van der Waals surface area (Å²) < 4.78 is 0. The van der Waals surface area contributed by atoms with Gasteiger partial charge in [-0.1, -0.05) is 0 Å². The third-order valence-electron chi connectivity index (χ3n) is 3.14. The van der Waals surface area contributed by atoms with Gasteiger partial charge >= 0.3 is 5.97 Å². The molecule has 7 heteroatoms. The Morgan fingerprint density at radius 3 is 2.11 bits per heavy atom. The van der Waals surface area contributed by atoms with Gasteiger partial charge in [0.05, 0.1) is 13.0 Å². The molecule has 19 heavy (non-hydrogen) atoms. The van der Waals surface area contributed by atoms with E-state index in [0.717, 1.165) is 0 Å². The minimum atomic E-state index is -0.955. The van der Waals surface area contributed by atoms with Gasteiger partial charge in [-0.25, -0.2) is 0 Å². The van der Waals surface area contributed by atoms with Gasteiger partial charge in [-0.15, -0.1) is 0 Å². The van der Waals surface area contributed by atoms with Crippen LogP contribution in [0, 0.1) is 0 Å². The van der Waals surface area contributed by atoms with Crippen molar-refractivity contribution in [3.63, 3.8) is 0 Å². The van der Waals surface area contributed by atoms with Crippen molar-refractivity contribution < 1.29 is 19.5 Å². The van der Waals surface area contributed by atoms with Crippen molar-refractivity contribution in [3.8, 4) is 0 Å². The first-order chi connectivity index (χ1) is 8.90. The number of rotatable bonds is 5. The largest absolute Gasteiger partial charge is 0.481 e. The minimum absolute atomic E-state index is 0.0469. The summed E-state index contributed by atoms with van der Waals surface area (Å²) in [6.45, 7) is 2.78. The zero-order valence-corrected chi connectivity index (χ0v) is 11.5. The molecule has 0 aromatic heterocycles. The maximum absolute atomic E-state index is 11.7. The van der Waals surface area contributed by atoms with Crippen LogP contribution >= 0.6 is 0 Å². The molecule has 0 saturated carbocycles. The van der Waals surface area contributed by atoms with Crippen LogP contribution in [0.5, 0.6) is 0 Å². The predicted molar refractivity (Wildman–Crippen MR) is 68.6 cm³/mol. The summed E-state index contributed by atoms with van der Waals surface area (Å²) in [4.78, 5) is 38.9. The van der Waals surface area contributed by atoms with Gasteiger partial charge in [0.2, 0.25) is 11.8 Å². The monoisotopic (exact) mass is 271 g/mol. The summed E-state index contributed by atoms with van der Waals surface area (Å²) in [5, 5.41) is 8.53. The quantitative estimate of drug-likeness (QED) is 0.699. The number of carbonyl (C=O) groups excluding carboxylic acids is 2. The molecule has 0 aromatic carbocycles. The molecule has 1 aliphatic heterocycles. The van der Waals surface area contributed by atoms with E-state index >= 15 is 0 Å². The van der Waals surface area contributed by atoms with Crippen LogP contribution in [0.3, 0.4) is 0 Å². The summed E-state index contributed by atoms with van der Waals surface area (Å²) in [7, 11) is 3.43. The summed E-state index contributed by atoms with van der Waals surface area (Å²) >= 11 is 0. The highest BCUT2D eigenvalue weighted by Gasteiger charge is 2.22. The molecule has 1 aliphatic rings. The van der Waals surface area contributed by atoms with Crippen molar-refractivity contribution in [1.82, 2.24) is 14.7 Å². The third kappa shape index (κ3) is 5.25. The third-order valence-corrected chi connectivity index (χ3v) is 3.14. The van der Waals surface area contributed by atoms with E-state index in [9.17, 15) is 14.4 Å². The highest BCUT2D eigenvalue weighted by Crippen LogP contribution is 2.05. The number of hydrogen-bond donors (Lipinski definition) is 1. The highest BCUT2D eigenvalue weighted by atomic mass is 16.4. The second-order valence-corrected chi connectivity index (χ2v) is 4.84. The molecule has 0 atom stereocenters. The van der Waals surface area contributed by atoms with E-state index in [0.29, 0.717) is 32.7 Å². The van der Waals surface area contributed by atoms with E-state index in [4.69, 9.17) is 5.11 Å². The Labute approximate surface area is 112 Å². The molecule has 2 amide bonds. The van der Waals surface area contributed by atoms with Crippen LogP contribution in [0.25, 0.3) is 0 Å². The molecule has 1 rings (SSSR count). The Hall–Kier alpha value is -1.63. The molecule has 1 heterocycles. The van der Waals surface area contributed by atoms with Crippen LogP contribution in [0.15, 0.2) is 0 Å². The second kappa shape index (κ2) is 7.08. The van der Waals surface area contributed by atoms with E-state index in [1.165, 1.54) is 0 Å². The highest BCUT2D eigenvalue weighted by molar-refractivity contribution is 5.81. The number of piperazine rings is 1. The molecule has 0 unspecified atom stereocenters. The van der Waals surface area contributed by atoms with Crippen molar-refractivity contribution in [3.05, 3.63) is 0 Å². The first kappa shape index (κ1) is 15.4. The number of carboxylic acids is 1. The van der Waals surface area contributed by atoms with Gasteiger partial charge in [0.15, 0.2) is 0 Å². The van der Waals surface area contributed by atoms with Gasteiger partial charge in [0.25, 0.3) is 0 Å². The molecule has 0 spiro atoms. The van der Waals surface area contributed by atoms with Crippen LogP contribution in [-0.4, -0.2) is 84.4 Å². The number of aliphatic carboxylic acids is 1. The van der Waals surface area contributed by atoms with Gasteiger partial charge in [0.1, 0.15) is 0 Å². The van der Waals surface area contributed by atoms with Crippen molar-refractivity contribution in [2.24, 2.45) is 0 Å². The van der Waals surface area contributed by atoms with Crippen LogP contribution < -0.4 is 0 Å². The summed E-state index contributed by atoms with van der Waals surface area (Å²) in [6, 6.07) is 0. The number of likely N-dealkylation sites (N-methyl/N-ethyl adjacent to an activating group) is 1. The standard InChI is InChI=1S/C12H21N3O4/c1-13(2)11(17)9-14-5-7-15(8-6-14)10(16)3-4-12(18)19/h3-9H2,1-2H3,(H,18,19).